The molecule has 0 unspecified atom stereocenters. The van der Waals surface area contributed by atoms with Crippen LogP contribution in [0.2, 0.25) is 0 Å². The van der Waals surface area contributed by atoms with Crippen molar-refractivity contribution in [3.05, 3.63) is 53.6 Å². The maximum Gasteiger partial charge on any atom is 0.330 e. The van der Waals surface area contributed by atoms with E-state index in [-0.39, 0.29) is 11.4 Å². The molecule has 0 radical (unpaired) electrons. The molecule has 1 aromatic rings. The van der Waals surface area contributed by atoms with Crippen molar-refractivity contribution in [3.63, 3.8) is 0 Å². The van der Waals surface area contributed by atoms with Gasteiger partial charge in [0.15, 0.2) is 0 Å². The predicted octanol–water partition coefficient (Wildman–Crippen LogP) is 5.49. The quantitative estimate of drug-likeness (QED) is 0.384. The number of hydrogen-bond donors (Lipinski definition) is 0. The molecule has 0 N–H and O–H groups in total. The van der Waals surface area contributed by atoms with E-state index in [0.29, 0.717) is 13.2 Å². The van der Waals surface area contributed by atoms with E-state index in [1.165, 1.54) is 25.3 Å². The summed E-state index contributed by atoms with van der Waals surface area (Å²) < 4.78 is 16.7. The minimum Gasteiger partial charge on any atom is -0.497 e. The molecule has 0 saturated heterocycles. The highest BCUT2D eigenvalue weighted by molar-refractivity contribution is 5.84. The van der Waals surface area contributed by atoms with E-state index in [2.05, 4.69) is 12.2 Å². The Bertz CT molecular complexity index is 795. The van der Waals surface area contributed by atoms with Crippen molar-refractivity contribution in [1.29, 1.82) is 0 Å². The van der Waals surface area contributed by atoms with E-state index in [1.807, 2.05) is 31.2 Å². The Balaban J connectivity index is 1.97. The molecule has 1 spiro atoms. The van der Waals surface area contributed by atoms with Crippen molar-refractivity contribution < 1.29 is 19.0 Å². The second-order valence-electron chi connectivity index (χ2n) is 7.65. The highest BCUT2D eigenvalue weighted by Gasteiger charge is 2.33. The van der Waals surface area contributed by atoms with Gasteiger partial charge in [-0.1, -0.05) is 37.5 Å². The molecule has 1 aliphatic carbocycles. The minimum absolute atomic E-state index is 0.0724. The van der Waals surface area contributed by atoms with Crippen molar-refractivity contribution >= 4 is 11.5 Å². The molecule has 0 bridgehead atoms. The zero-order chi connectivity index (χ0) is 20.0. The third-order valence-electron chi connectivity index (χ3n) is 5.48. The fourth-order valence-corrected chi connectivity index (χ4v) is 3.98. The molecular weight excluding hydrogens is 352 g/mol. The van der Waals surface area contributed by atoms with Gasteiger partial charge in [-0.2, -0.15) is 0 Å². The van der Waals surface area contributed by atoms with Gasteiger partial charge in [-0.25, -0.2) is 4.79 Å². The molecule has 150 valence electrons. The molecule has 1 saturated carbocycles. The molecule has 28 heavy (non-hydrogen) atoms. The first-order valence-electron chi connectivity index (χ1n) is 10.1. The molecule has 1 aromatic carbocycles. The summed E-state index contributed by atoms with van der Waals surface area (Å²) in [6.07, 6.45) is 14.0. The summed E-state index contributed by atoms with van der Waals surface area (Å²) in [7, 11) is 1.67. The summed E-state index contributed by atoms with van der Waals surface area (Å²) in [5.41, 5.74) is 3.07. The SMILES string of the molecule is CCOC(=O)C=C(C)C=CC1=CC2(CCCCC2)COc2ccc(OC)cc21. The maximum atomic E-state index is 11.7. The summed E-state index contributed by atoms with van der Waals surface area (Å²) in [6, 6.07) is 5.95. The average molecular weight is 383 g/mol. The van der Waals surface area contributed by atoms with E-state index in [9.17, 15) is 4.79 Å². The highest BCUT2D eigenvalue weighted by Crippen LogP contribution is 2.44. The Labute approximate surface area is 167 Å². The zero-order valence-electron chi connectivity index (χ0n) is 17.1. The van der Waals surface area contributed by atoms with Crippen LogP contribution >= 0.6 is 0 Å². The van der Waals surface area contributed by atoms with Crippen LogP contribution in [0.3, 0.4) is 0 Å². The Hall–Kier alpha value is -2.49. The monoisotopic (exact) mass is 382 g/mol. The summed E-state index contributed by atoms with van der Waals surface area (Å²) in [5.74, 6) is 1.37. The van der Waals surface area contributed by atoms with Crippen molar-refractivity contribution in [2.75, 3.05) is 20.3 Å². The lowest BCUT2D eigenvalue weighted by Crippen LogP contribution is -2.28. The van der Waals surface area contributed by atoms with Crippen LogP contribution in [-0.4, -0.2) is 26.3 Å². The number of benzene rings is 1. The van der Waals surface area contributed by atoms with Crippen LogP contribution in [0.15, 0.2) is 48.1 Å². The van der Waals surface area contributed by atoms with Crippen LogP contribution in [-0.2, 0) is 9.53 Å². The van der Waals surface area contributed by atoms with Gasteiger partial charge in [-0.3, -0.25) is 0 Å². The van der Waals surface area contributed by atoms with Crippen LogP contribution in [0.1, 0.15) is 51.5 Å². The number of methoxy groups -OCH3 is 1. The fraction of sp³-hybridized carbons (Fsp3) is 0.458. The lowest BCUT2D eigenvalue weighted by Gasteiger charge is -2.33. The predicted molar refractivity (Wildman–Crippen MR) is 112 cm³/mol. The van der Waals surface area contributed by atoms with Crippen LogP contribution in [0.5, 0.6) is 11.5 Å². The van der Waals surface area contributed by atoms with Gasteiger partial charge < -0.3 is 14.2 Å². The van der Waals surface area contributed by atoms with Crippen molar-refractivity contribution in [1.82, 2.24) is 0 Å². The number of rotatable bonds is 5. The molecule has 1 fully saturated rings. The van der Waals surface area contributed by atoms with Crippen molar-refractivity contribution in [2.24, 2.45) is 5.41 Å². The van der Waals surface area contributed by atoms with Crippen LogP contribution in [0.25, 0.3) is 5.57 Å². The average Bonchev–Trinajstić information content (AvgIpc) is 2.84. The van der Waals surface area contributed by atoms with Crippen molar-refractivity contribution in [2.45, 2.75) is 46.0 Å². The molecule has 2 aliphatic rings. The Morgan fingerprint density at radius 3 is 2.75 bits per heavy atom. The topological polar surface area (TPSA) is 44.8 Å². The van der Waals surface area contributed by atoms with E-state index < -0.39 is 0 Å². The van der Waals surface area contributed by atoms with Gasteiger partial charge in [0.05, 0.1) is 20.3 Å². The first-order chi connectivity index (χ1) is 13.5. The van der Waals surface area contributed by atoms with Crippen molar-refractivity contribution in [3.8, 4) is 11.5 Å². The number of allylic oxidation sites excluding steroid dienone is 4. The van der Waals surface area contributed by atoms with E-state index in [0.717, 1.165) is 41.1 Å². The molecule has 1 aliphatic heterocycles. The minimum atomic E-state index is -0.311. The normalized spacial score (nSPS) is 18.8. The van der Waals surface area contributed by atoms with E-state index in [1.54, 1.807) is 14.0 Å². The molecule has 0 atom stereocenters. The first kappa shape index (κ1) is 20.2. The summed E-state index contributed by atoms with van der Waals surface area (Å²) in [5, 5.41) is 0. The second-order valence-corrected chi connectivity index (χ2v) is 7.65. The number of ether oxygens (including phenoxy) is 3. The maximum absolute atomic E-state index is 11.7. The van der Waals surface area contributed by atoms with Gasteiger partial charge in [0, 0.05) is 17.1 Å². The van der Waals surface area contributed by atoms with E-state index in [4.69, 9.17) is 14.2 Å². The second kappa shape index (κ2) is 9.13. The van der Waals surface area contributed by atoms with Gasteiger partial charge in [0.1, 0.15) is 11.5 Å². The third-order valence-corrected chi connectivity index (χ3v) is 5.48. The number of carbonyl (C=O) groups excluding carboxylic acids is 1. The molecule has 0 aromatic heterocycles. The summed E-state index contributed by atoms with van der Waals surface area (Å²) >= 11 is 0. The molecule has 4 nitrogen and oxygen atoms in total. The standard InChI is InChI=1S/C24H30O4/c1-4-27-23(25)14-18(2)8-9-19-16-24(12-6-5-7-13-24)17-28-22-11-10-20(26-3)15-21(19)22/h8-11,14-16H,4-7,12-13,17H2,1-3H3. The van der Waals surface area contributed by atoms with Crippen LogP contribution in [0, 0.1) is 5.41 Å². The molecular formula is C24H30O4. The van der Waals surface area contributed by atoms with Crippen LogP contribution in [0.4, 0.5) is 0 Å². The number of hydrogen-bond acceptors (Lipinski definition) is 4. The van der Waals surface area contributed by atoms with Gasteiger partial charge in [-0.15, -0.1) is 0 Å². The highest BCUT2D eigenvalue weighted by atomic mass is 16.5. The third kappa shape index (κ3) is 4.86. The fourth-order valence-electron chi connectivity index (χ4n) is 3.98. The lowest BCUT2D eigenvalue weighted by molar-refractivity contribution is -0.137. The van der Waals surface area contributed by atoms with Gasteiger partial charge in [0.2, 0.25) is 0 Å². The summed E-state index contributed by atoms with van der Waals surface area (Å²) in [4.78, 5) is 11.7. The van der Waals surface area contributed by atoms with Gasteiger partial charge in [-0.05, 0) is 56.0 Å². The Morgan fingerprint density at radius 2 is 2.04 bits per heavy atom. The lowest BCUT2D eigenvalue weighted by atomic mass is 9.73. The first-order valence-corrected chi connectivity index (χ1v) is 10.1. The number of esters is 1. The van der Waals surface area contributed by atoms with E-state index >= 15 is 0 Å². The molecule has 1 heterocycles. The number of fused-ring (bicyclic) bond motifs is 1. The van der Waals surface area contributed by atoms with Gasteiger partial charge in [0.25, 0.3) is 0 Å². The molecule has 3 rings (SSSR count). The van der Waals surface area contributed by atoms with Gasteiger partial charge >= 0.3 is 5.97 Å². The largest absolute Gasteiger partial charge is 0.497 e. The molecule has 0 amide bonds. The smallest absolute Gasteiger partial charge is 0.330 e. The Morgan fingerprint density at radius 1 is 1.25 bits per heavy atom. The Kier molecular flexibility index (Phi) is 6.61. The number of carbonyl (C=O) groups is 1. The summed E-state index contributed by atoms with van der Waals surface area (Å²) in [6.45, 7) is 4.80. The molecule has 4 heteroatoms. The zero-order valence-corrected chi connectivity index (χ0v) is 17.1. The van der Waals surface area contributed by atoms with Crippen LogP contribution < -0.4 is 9.47 Å².